The molecule has 1 aromatic carbocycles. The molecule has 106 valence electrons. The van der Waals surface area contributed by atoms with E-state index in [1.165, 1.54) is 14.2 Å². The SMILES string of the molecule is [2H]O[C@@]1(c2cccc(OC)c2)CCCC[C@H]1C([2H])([2H])N(C)C([2H])([2H])[2H]. The molecule has 0 unspecified atom stereocenters. The summed E-state index contributed by atoms with van der Waals surface area (Å²) < 4.78 is 52.8. The molecule has 1 fully saturated rings. The van der Waals surface area contributed by atoms with Gasteiger partial charge in [0.05, 0.1) is 12.7 Å². The van der Waals surface area contributed by atoms with Crippen LogP contribution in [0.5, 0.6) is 5.75 Å². The summed E-state index contributed by atoms with van der Waals surface area (Å²) in [5, 5.41) is 5.17. The second-order valence-corrected chi connectivity index (χ2v) is 5.11. The lowest BCUT2D eigenvalue weighted by Crippen LogP contribution is -2.43. The van der Waals surface area contributed by atoms with E-state index >= 15 is 0 Å². The first-order valence-corrected chi connectivity index (χ1v) is 6.62. The van der Waals surface area contributed by atoms with Gasteiger partial charge in [-0.25, -0.2) is 0 Å². The van der Waals surface area contributed by atoms with Gasteiger partial charge < -0.3 is 14.7 Å². The smallest absolute Gasteiger partial charge is 0.211 e. The Labute approximate surface area is 124 Å². The minimum atomic E-state index is -2.58. The predicted octanol–water partition coefficient (Wildman–Crippen LogP) is 2.63. The van der Waals surface area contributed by atoms with Crippen molar-refractivity contribution >= 4 is 0 Å². The first-order chi connectivity index (χ1) is 11.6. The van der Waals surface area contributed by atoms with Gasteiger partial charge in [-0.05, 0) is 44.6 Å². The molecule has 1 N–H and O–H groups in total. The van der Waals surface area contributed by atoms with Crippen LogP contribution < -0.4 is 4.74 Å². The second-order valence-electron chi connectivity index (χ2n) is 5.11. The maximum atomic E-state index is 8.53. The van der Waals surface area contributed by atoms with E-state index in [9.17, 15) is 0 Å². The molecule has 0 bridgehead atoms. The van der Waals surface area contributed by atoms with E-state index in [0.717, 1.165) is 17.7 Å². The van der Waals surface area contributed by atoms with Gasteiger partial charge in [-0.3, -0.25) is 0 Å². The average Bonchev–Trinajstić information content (AvgIpc) is 2.60. The molecule has 0 saturated heterocycles. The van der Waals surface area contributed by atoms with Gasteiger partial charge in [-0.1, -0.05) is 25.0 Å². The molecule has 2 atom stereocenters. The number of aliphatic hydroxyl groups is 1. The quantitative estimate of drug-likeness (QED) is 0.892. The number of hydrogen-bond donors (Lipinski definition) is 1. The highest BCUT2D eigenvalue weighted by Gasteiger charge is 2.40. The zero-order chi connectivity index (χ0) is 18.9. The van der Waals surface area contributed by atoms with Gasteiger partial charge in [-0.2, -0.15) is 0 Å². The van der Waals surface area contributed by atoms with E-state index in [0.29, 0.717) is 24.2 Å². The van der Waals surface area contributed by atoms with E-state index < -0.39 is 25.0 Å². The average molecular weight is 269 g/mol. The van der Waals surface area contributed by atoms with E-state index in [-0.39, 0.29) is 0 Å². The van der Waals surface area contributed by atoms with Crippen molar-refractivity contribution < 1.29 is 16.7 Å². The Morgan fingerprint density at radius 2 is 2.53 bits per heavy atom. The zero-order valence-electron chi connectivity index (χ0n) is 17.5. The van der Waals surface area contributed by atoms with Crippen LogP contribution in [0.4, 0.5) is 0 Å². The molecular formula is C16H25NO2. The van der Waals surface area contributed by atoms with Gasteiger partial charge in [0.1, 0.15) is 5.75 Å². The first kappa shape index (κ1) is 8.28. The van der Waals surface area contributed by atoms with Crippen LogP contribution in [-0.2, 0) is 5.60 Å². The second kappa shape index (κ2) is 5.93. The fraction of sp³-hybridized carbons (Fsp3) is 0.625. The molecule has 3 nitrogen and oxygen atoms in total. The van der Waals surface area contributed by atoms with Gasteiger partial charge in [0.15, 0.2) is 0 Å². The standard InChI is InChI=1S/C16H25NO2/c1-17(2)12-14-7-4-5-10-16(14,18)13-8-6-9-15(11-13)19-3/h6,8-9,11,14,18H,4-5,7,10,12H2,1-3H3/t14-,16+/m0/s1/i1D3,12D2,18D. The Hall–Kier alpha value is -1.06. The van der Waals surface area contributed by atoms with E-state index in [1.54, 1.807) is 24.3 Å². The minimum absolute atomic E-state index is 0.434. The summed E-state index contributed by atoms with van der Waals surface area (Å²) in [4.78, 5) is 0.768. The van der Waals surface area contributed by atoms with Crippen molar-refractivity contribution in [3.63, 3.8) is 0 Å². The molecule has 0 aromatic heterocycles. The summed E-state index contributed by atoms with van der Waals surface area (Å²) >= 11 is 0. The summed E-state index contributed by atoms with van der Waals surface area (Å²) in [6, 6.07) is 7.05. The van der Waals surface area contributed by atoms with E-state index in [2.05, 4.69) is 0 Å². The molecule has 1 aromatic rings. The van der Waals surface area contributed by atoms with E-state index in [1.807, 2.05) is 0 Å². The lowest BCUT2D eigenvalue weighted by Gasteiger charge is -2.41. The Morgan fingerprint density at radius 3 is 3.26 bits per heavy atom. The van der Waals surface area contributed by atoms with Crippen LogP contribution in [0.1, 0.15) is 38.1 Å². The number of methoxy groups -OCH3 is 1. The van der Waals surface area contributed by atoms with Crippen LogP contribution in [0.15, 0.2) is 24.3 Å². The van der Waals surface area contributed by atoms with E-state index in [4.69, 9.17) is 18.1 Å². The summed E-state index contributed by atoms with van der Waals surface area (Å²) in [7, 11) is 2.79. The van der Waals surface area contributed by atoms with Crippen molar-refractivity contribution in [2.45, 2.75) is 31.3 Å². The summed E-state index contributed by atoms with van der Waals surface area (Å²) in [5.41, 5.74) is -0.593. The molecule has 0 heterocycles. The van der Waals surface area contributed by atoms with Crippen molar-refractivity contribution in [1.82, 2.24) is 4.90 Å². The largest absolute Gasteiger partial charge is 0.497 e. The molecule has 0 radical (unpaired) electrons. The third kappa shape index (κ3) is 3.10. The van der Waals surface area contributed by atoms with Crippen molar-refractivity contribution in [3.05, 3.63) is 29.8 Å². The van der Waals surface area contributed by atoms with Crippen molar-refractivity contribution in [2.24, 2.45) is 5.92 Å². The number of hydrogen-bond acceptors (Lipinski definition) is 3. The minimum Gasteiger partial charge on any atom is -0.497 e. The van der Waals surface area contributed by atoms with Crippen LogP contribution in [-0.4, -0.2) is 39.1 Å². The fourth-order valence-electron chi connectivity index (χ4n) is 2.78. The molecule has 1 aliphatic rings. The van der Waals surface area contributed by atoms with Crippen LogP contribution in [0.2, 0.25) is 0 Å². The van der Waals surface area contributed by atoms with Crippen molar-refractivity contribution in [3.8, 4) is 5.75 Å². The lowest BCUT2D eigenvalue weighted by molar-refractivity contribution is -0.0619. The van der Waals surface area contributed by atoms with Crippen molar-refractivity contribution in [2.75, 3.05) is 27.6 Å². The fourth-order valence-corrected chi connectivity index (χ4v) is 2.78. The molecule has 19 heavy (non-hydrogen) atoms. The van der Waals surface area contributed by atoms with Gasteiger partial charge in [0.25, 0.3) is 0 Å². The van der Waals surface area contributed by atoms with Gasteiger partial charge in [-0.15, -0.1) is 0 Å². The molecule has 1 saturated carbocycles. The highest BCUT2D eigenvalue weighted by molar-refractivity contribution is 5.33. The lowest BCUT2D eigenvalue weighted by atomic mass is 9.71. The topological polar surface area (TPSA) is 32.7 Å². The maximum absolute atomic E-state index is 8.53. The number of ether oxygens (including phenoxy) is 1. The zero-order valence-corrected chi connectivity index (χ0v) is 11.5. The number of rotatable bonds is 5. The molecule has 0 amide bonds. The van der Waals surface area contributed by atoms with Crippen LogP contribution in [0, 0.1) is 5.92 Å². The van der Waals surface area contributed by atoms with Gasteiger partial charge >= 0.3 is 0 Å². The Balaban J connectivity index is 2.53. The van der Waals surface area contributed by atoms with Crippen LogP contribution >= 0.6 is 0 Å². The summed E-state index contributed by atoms with van der Waals surface area (Å²) in [5.74, 6) is -0.216. The van der Waals surface area contributed by atoms with Crippen molar-refractivity contribution in [1.29, 1.82) is 1.43 Å². The highest BCUT2D eigenvalue weighted by atomic mass is 16.5. The first-order valence-electron chi connectivity index (χ1n) is 9.53. The summed E-state index contributed by atoms with van der Waals surface area (Å²) in [6.07, 6.45) is 2.42. The third-order valence-electron chi connectivity index (χ3n) is 3.76. The number of nitrogens with zero attached hydrogens (tertiary/aromatic N) is 1. The number of benzene rings is 1. The molecule has 3 heteroatoms. The Morgan fingerprint density at radius 1 is 1.63 bits per heavy atom. The van der Waals surface area contributed by atoms with Crippen LogP contribution in [0.25, 0.3) is 0 Å². The Kier molecular flexibility index (Phi) is 2.58. The molecule has 0 aliphatic heterocycles. The Bertz CT molecular complexity index is 594. The predicted molar refractivity (Wildman–Crippen MR) is 77.4 cm³/mol. The molecule has 1 aliphatic carbocycles. The highest BCUT2D eigenvalue weighted by Crippen LogP contribution is 2.42. The monoisotopic (exact) mass is 269 g/mol. The molecule has 0 spiro atoms. The van der Waals surface area contributed by atoms with Gasteiger partial charge in [0.2, 0.25) is 1.43 Å². The third-order valence-corrected chi connectivity index (χ3v) is 3.76. The molecule has 2 rings (SSSR count). The molecular weight excluding hydrogens is 238 g/mol. The van der Waals surface area contributed by atoms with Gasteiger partial charge in [0, 0.05) is 19.3 Å². The maximum Gasteiger partial charge on any atom is 0.211 e. The summed E-state index contributed by atoms with van der Waals surface area (Å²) in [6.45, 7) is -4.75. The van der Waals surface area contributed by atoms with Crippen LogP contribution in [0.3, 0.4) is 0 Å². The normalized spacial score (nSPS) is 33.5.